The lowest BCUT2D eigenvalue weighted by Crippen LogP contribution is -2.31. The third-order valence-corrected chi connectivity index (χ3v) is 3.71. The van der Waals surface area contributed by atoms with Gasteiger partial charge in [0.05, 0.1) is 14.2 Å². The predicted molar refractivity (Wildman–Crippen MR) is 84.4 cm³/mol. The highest BCUT2D eigenvalue weighted by Gasteiger charge is 2.36. The zero-order valence-electron chi connectivity index (χ0n) is 12.6. The first-order chi connectivity index (χ1) is 10.6. The fraction of sp³-hybridized carbons (Fsp3) is 0.222. The maximum absolute atomic E-state index is 12.1. The fourth-order valence-corrected chi connectivity index (χ4v) is 2.63. The molecule has 0 unspecified atom stereocenters. The maximum Gasteiger partial charge on any atom is 0.321 e. The molecule has 0 bridgehead atoms. The van der Waals surface area contributed by atoms with E-state index in [4.69, 9.17) is 9.47 Å². The number of hydrogen-bond donors (Lipinski definition) is 0. The van der Waals surface area contributed by atoms with Crippen LogP contribution >= 0.6 is 0 Å². The van der Waals surface area contributed by atoms with Crippen LogP contribution in [0.4, 0.5) is 0 Å². The summed E-state index contributed by atoms with van der Waals surface area (Å²) < 4.78 is 9.53. The second kappa shape index (κ2) is 6.89. The molecular weight excluding hydrogens is 280 g/mol. The number of carbonyl (C=O) groups is 2. The van der Waals surface area contributed by atoms with Crippen molar-refractivity contribution in [1.29, 1.82) is 0 Å². The third-order valence-electron chi connectivity index (χ3n) is 3.71. The van der Waals surface area contributed by atoms with Crippen LogP contribution in [0, 0.1) is 5.92 Å². The van der Waals surface area contributed by atoms with Gasteiger partial charge in [-0.1, -0.05) is 48.5 Å². The molecule has 0 spiro atoms. The largest absolute Gasteiger partial charge is 0.468 e. The van der Waals surface area contributed by atoms with E-state index in [-0.39, 0.29) is 0 Å². The standard InChI is InChI=1S/C18H18O4/c1-4-13(16(17(19)21-2)18(20)22-3)15-11-7-9-12-8-5-6-10-14(12)15/h4-11,13,16H,1H2,2-3H3/t13-/m0/s1. The van der Waals surface area contributed by atoms with Crippen molar-refractivity contribution in [2.45, 2.75) is 5.92 Å². The molecule has 0 saturated heterocycles. The van der Waals surface area contributed by atoms with Crippen LogP contribution in [0.15, 0.2) is 55.1 Å². The van der Waals surface area contributed by atoms with E-state index in [1.807, 2.05) is 42.5 Å². The van der Waals surface area contributed by atoms with Crippen LogP contribution in [0.1, 0.15) is 11.5 Å². The van der Waals surface area contributed by atoms with Crippen molar-refractivity contribution >= 4 is 22.7 Å². The zero-order chi connectivity index (χ0) is 16.1. The Morgan fingerprint density at radius 2 is 1.59 bits per heavy atom. The van der Waals surface area contributed by atoms with Crippen LogP contribution < -0.4 is 0 Å². The SMILES string of the molecule is C=C[C@@H](c1cccc2ccccc12)C(C(=O)OC)C(=O)OC. The van der Waals surface area contributed by atoms with Crippen molar-refractivity contribution in [2.24, 2.45) is 5.92 Å². The fourth-order valence-electron chi connectivity index (χ4n) is 2.63. The van der Waals surface area contributed by atoms with Crippen molar-refractivity contribution < 1.29 is 19.1 Å². The minimum atomic E-state index is -1.07. The number of ether oxygens (including phenoxy) is 2. The van der Waals surface area contributed by atoms with Crippen LogP contribution in [0.25, 0.3) is 10.8 Å². The van der Waals surface area contributed by atoms with E-state index in [1.54, 1.807) is 6.08 Å². The van der Waals surface area contributed by atoms with Crippen molar-refractivity contribution in [2.75, 3.05) is 14.2 Å². The second-order valence-corrected chi connectivity index (χ2v) is 4.85. The number of rotatable bonds is 5. The van der Waals surface area contributed by atoms with Gasteiger partial charge in [0.25, 0.3) is 0 Å². The molecule has 2 aromatic rings. The molecule has 1 atom stereocenters. The number of fused-ring (bicyclic) bond motifs is 1. The smallest absolute Gasteiger partial charge is 0.321 e. The molecule has 0 aliphatic heterocycles. The number of esters is 2. The lowest BCUT2D eigenvalue weighted by atomic mass is 9.83. The Bertz CT molecular complexity index is 684. The molecule has 0 heterocycles. The van der Waals surface area contributed by atoms with Gasteiger partial charge in [-0.05, 0) is 16.3 Å². The number of benzene rings is 2. The Kier molecular flexibility index (Phi) is 4.94. The van der Waals surface area contributed by atoms with E-state index in [1.165, 1.54) is 14.2 Å². The molecule has 0 aliphatic carbocycles. The number of hydrogen-bond acceptors (Lipinski definition) is 4. The van der Waals surface area contributed by atoms with Gasteiger partial charge in [-0.25, -0.2) is 0 Å². The van der Waals surface area contributed by atoms with Gasteiger partial charge in [0, 0.05) is 5.92 Å². The van der Waals surface area contributed by atoms with E-state index in [9.17, 15) is 9.59 Å². The van der Waals surface area contributed by atoms with Gasteiger partial charge in [0.15, 0.2) is 5.92 Å². The quantitative estimate of drug-likeness (QED) is 0.483. The van der Waals surface area contributed by atoms with E-state index in [0.29, 0.717) is 0 Å². The van der Waals surface area contributed by atoms with Gasteiger partial charge in [-0.3, -0.25) is 9.59 Å². The lowest BCUT2D eigenvalue weighted by molar-refractivity contribution is -0.159. The summed E-state index contributed by atoms with van der Waals surface area (Å²) in [5, 5.41) is 1.99. The van der Waals surface area contributed by atoms with E-state index in [2.05, 4.69) is 6.58 Å². The van der Waals surface area contributed by atoms with E-state index < -0.39 is 23.8 Å². The van der Waals surface area contributed by atoms with Gasteiger partial charge >= 0.3 is 11.9 Å². The Labute approximate surface area is 129 Å². The summed E-state index contributed by atoms with van der Waals surface area (Å²) in [4.78, 5) is 24.1. The minimum absolute atomic E-state index is 0.522. The van der Waals surface area contributed by atoms with Crippen LogP contribution in [-0.2, 0) is 19.1 Å². The van der Waals surface area contributed by atoms with Crippen LogP contribution in [0.3, 0.4) is 0 Å². The molecule has 0 fully saturated rings. The first-order valence-electron chi connectivity index (χ1n) is 6.90. The highest BCUT2D eigenvalue weighted by molar-refractivity contribution is 5.97. The number of allylic oxidation sites excluding steroid dienone is 1. The average Bonchev–Trinajstić information content (AvgIpc) is 2.58. The highest BCUT2D eigenvalue weighted by Crippen LogP contribution is 2.33. The molecule has 2 rings (SSSR count). The molecule has 0 N–H and O–H groups in total. The summed E-state index contributed by atoms with van der Waals surface area (Å²) in [6.45, 7) is 3.78. The van der Waals surface area contributed by atoms with Crippen molar-refractivity contribution in [3.05, 3.63) is 60.7 Å². The second-order valence-electron chi connectivity index (χ2n) is 4.85. The summed E-state index contributed by atoms with van der Waals surface area (Å²) in [6, 6.07) is 13.5. The molecule has 4 nitrogen and oxygen atoms in total. The van der Waals surface area contributed by atoms with Gasteiger partial charge in [-0.15, -0.1) is 6.58 Å². The first-order valence-corrected chi connectivity index (χ1v) is 6.90. The summed E-state index contributed by atoms with van der Waals surface area (Å²) in [5.41, 5.74) is 0.842. The molecule has 0 aliphatic rings. The van der Waals surface area contributed by atoms with Gasteiger partial charge in [0.1, 0.15) is 0 Å². The van der Waals surface area contributed by atoms with Crippen molar-refractivity contribution in [1.82, 2.24) is 0 Å². The molecule has 0 radical (unpaired) electrons. The van der Waals surface area contributed by atoms with E-state index >= 15 is 0 Å². The lowest BCUT2D eigenvalue weighted by Gasteiger charge is -2.22. The molecule has 2 aromatic carbocycles. The molecule has 22 heavy (non-hydrogen) atoms. The predicted octanol–water partition coefficient (Wildman–Crippen LogP) is 3.07. The average molecular weight is 298 g/mol. The van der Waals surface area contributed by atoms with Crippen molar-refractivity contribution in [3.8, 4) is 0 Å². The highest BCUT2D eigenvalue weighted by atomic mass is 16.5. The molecule has 0 amide bonds. The molecule has 0 saturated carbocycles. The van der Waals surface area contributed by atoms with E-state index in [0.717, 1.165) is 16.3 Å². The first kappa shape index (κ1) is 15.8. The number of carbonyl (C=O) groups excluding carboxylic acids is 2. The normalized spacial score (nSPS) is 12.0. The molecule has 114 valence electrons. The van der Waals surface area contributed by atoms with Crippen LogP contribution in [0.5, 0.6) is 0 Å². The Hall–Kier alpha value is -2.62. The van der Waals surface area contributed by atoms with Crippen molar-refractivity contribution in [3.63, 3.8) is 0 Å². The van der Waals surface area contributed by atoms with Crippen LogP contribution in [-0.4, -0.2) is 26.2 Å². The van der Waals surface area contributed by atoms with Gasteiger partial charge < -0.3 is 9.47 Å². The summed E-state index contributed by atoms with van der Waals surface area (Å²) in [5.74, 6) is -2.86. The van der Waals surface area contributed by atoms with Gasteiger partial charge in [-0.2, -0.15) is 0 Å². The molecule has 4 heteroatoms. The van der Waals surface area contributed by atoms with Gasteiger partial charge in [0.2, 0.25) is 0 Å². The summed E-state index contributed by atoms with van der Waals surface area (Å²) >= 11 is 0. The minimum Gasteiger partial charge on any atom is -0.468 e. The monoisotopic (exact) mass is 298 g/mol. The Balaban J connectivity index is 2.59. The third kappa shape index (κ3) is 2.86. The Morgan fingerprint density at radius 3 is 2.18 bits per heavy atom. The topological polar surface area (TPSA) is 52.6 Å². The summed E-state index contributed by atoms with van der Waals surface area (Å²) in [6.07, 6.45) is 1.58. The molecule has 0 aromatic heterocycles. The van der Waals surface area contributed by atoms with Crippen LogP contribution in [0.2, 0.25) is 0 Å². The zero-order valence-corrected chi connectivity index (χ0v) is 12.6. The molecular formula is C18H18O4. The summed E-state index contributed by atoms with van der Waals surface area (Å²) in [7, 11) is 2.50. The number of methoxy groups -OCH3 is 2. The maximum atomic E-state index is 12.1. The Morgan fingerprint density at radius 1 is 1.00 bits per heavy atom.